The van der Waals surface area contributed by atoms with Gasteiger partial charge in [-0.15, -0.1) is 6.42 Å². The number of nitrogens with zero attached hydrogens (tertiary/aromatic N) is 1. The van der Waals surface area contributed by atoms with E-state index in [0.29, 0.717) is 5.02 Å². The molecule has 2 rings (SSSR count). The summed E-state index contributed by atoms with van der Waals surface area (Å²) in [4.78, 5) is 4.24. The third kappa shape index (κ3) is 5.45. The Hall–Kier alpha value is -1.71. The van der Waals surface area contributed by atoms with E-state index in [2.05, 4.69) is 21.0 Å². The summed E-state index contributed by atoms with van der Waals surface area (Å²) in [5.74, 6) is 2.59. The van der Waals surface area contributed by atoms with E-state index < -0.39 is 10.0 Å². The zero-order valence-electron chi connectivity index (χ0n) is 12.8. The standard InChI is InChI=1S/C16H20ClN3O2S/c1-2-12-18-16(19-14-6-4-3-5-7-14)20-23(21,22)15-10-8-13(17)9-11-15/h1,8-11,14H,3-7,12H2,(H2,18,19,20). The maximum absolute atomic E-state index is 12.4. The second-order valence-corrected chi connectivity index (χ2v) is 7.53. The fraction of sp³-hybridized carbons (Fsp3) is 0.438. The van der Waals surface area contributed by atoms with Crippen molar-refractivity contribution in [3.63, 3.8) is 0 Å². The zero-order chi connectivity index (χ0) is 16.7. The van der Waals surface area contributed by atoms with Crippen LogP contribution in [-0.2, 0) is 10.0 Å². The van der Waals surface area contributed by atoms with Gasteiger partial charge in [0.25, 0.3) is 10.0 Å². The highest BCUT2D eigenvalue weighted by molar-refractivity contribution is 7.90. The maximum Gasteiger partial charge on any atom is 0.264 e. The average molecular weight is 354 g/mol. The van der Waals surface area contributed by atoms with E-state index in [1.165, 1.54) is 30.7 Å². The van der Waals surface area contributed by atoms with Crippen molar-refractivity contribution in [2.45, 2.75) is 43.0 Å². The lowest BCUT2D eigenvalue weighted by Gasteiger charge is -2.24. The fourth-order valence-electron chi connectivity index (χ4n) is 2.47. The Bertz CT molecular complexity index is 687. The quantitative estimate of drug-likeness (QED) is 0.496. The van der Waals surface area contributed by atoms with Crippen LogP contribution < -0.4 is 10.0 Å². The number of halogens is 1. The van der Waals surface area contributed by atoms with E-state index in [-0.39, 0.29) is 23.4 Å². The predicted octanol–water partition coefficient (Wildman–Crippen LogP) is 2.53. The number of rotatable bonds is 4. The summed E-state index contributed by atoms with van der Waals surface area (Å²) in [6.07, 6.45) is 10.7. The minimum atomic E-state index is -3.73. The van der Waals surface area contributed by atoms with E-state index in [4.69, 9.17) is 18.0 Å². The molecule has 1 aromatic carbocycles. The summed E-state index contributed by atoms with van der Waals surface area (Å²) in [6.45, 7) is 0.109. The Morgan fingerprint density at radius 3 is 2.52 bits per heavy atom. The van der Waals surface area contributed by atoms with E-state index in [9.17, 15) is 8.42 Å². The molecule has 2 N–H and O–H groups in total. The summed E-state index contributed by atoms with van der Waals surface area (Å²) in [5, 5.41) is 3.64. The molecule has 7 heteroatoms. The molecular formula is C16H20ClN3O2S. The van der Waals surface area contributed by atoms with Crippen LogP contribution in [0.3, 0.4) is 0 Å². The molecule has 23 heavy (non-hydrogen) atoms. The Balaban J connectivity index is 2.12. The third-order valence-electron chi connectivity index (χ3n) is 3.63. The lowest BCUT2D eigenvalue weighted by Crippen LogP contribution is -2.46. The van der Waals surface area contributed by atoms with Crippen LogP contribution in [0.15, 0.2) is 34.2 Å². The molecule has 124 valence electrons. The molecule has 0 unspecified atom stereocenters. The van der Waals surface area contributed by atoms with Crippen molar-refractivity contribution < 1.29 is 8.42 Å². The highest BCUT2D eigenvalue weighted by Crippen LogP contribution is 2.18. The Labute approximate surface area is 142 Å². The molecule has 0 saturated heterocycles. The van der Waals surface area contributed by atoms with Gasteiger partial charge in [0.05, 0.1) is 4.90 Å². The lowest BCUT2D eigenvalue weighted by atomic mass is 9.96. The summed E-state index contributed by atoms with van der Waals surface area (Å²) in [6, 6.07) is 6.17. The van der Waals surface area contributed by atoms with Gasteiger partial charge in [-0.05, 0) is 37.1 Å². The van der Waals surface area contributed by atoms with Gasteiger partial charge in [-0.25, -0.2) is 18.1 Å². The SMILES string of the molecule is C#CCN=C(NC1CCCCC1)NS(=O)(=O)c1ccc(Cl)cc1. The fourth-order valence-corrected chi connectivity index (χ4v) is 3.59. The molecule has 0 heterocycles. The van der Waals surface area contributed by atoms with Gasteiger partial charge >= 0.3 is 0 Å². The van der Waals surface area contributed by atoms with E-state index >= 15 is 0 Å². The summed E-state index contributed by atoms with van der Waals surface area (Å²) >= 11 is 5.79. The highest BCUT2D eigenvalue weighted by Gasteiger charge is 2.20. The van der Waals surface area contributed by atoms with Crippen molar-refractivity contribution in [2.75, 3.05) is 6.54 Å². The topological polar surface area (TPSA) is 70.6 Å². The lowest BCUT2D eigenvalue weighted by molar-refractivity contribution is 0.411. The molecule has 0 amide bonds. The number of aliphatic imine (C=N–C) groups is 1. The molecular weight excluding hydrogens is 334 g/mol. The van der Waals surface area contributed by atoms with E-state index in [1.807, 2.05) is 0 Å². The molecule has 1 fully saturated rings. The first-order valence-corrected chi connectivity index (χ1v) is 9.40. The molecule has 1 saturated carbocycles. The maximum atomic E-state index is 12.4. The highest BCUT2D eigenvalue weighted by atomic mass is 35.5. The molecule has 1 aliphatic carbocycles. The molecule has 0 radical (unpaired) electrons. The third-order valence-corrected chi connectivity index (χ3v) is 5.24. The van der Waals surface area contributed by atoms with Crippen molar-refractivity contribution in [3.8, 4) is 12.3 Å². The number of guanidine groups is 1. The van der Waals surface area contributed by atoms with Crippen LogP contribution >= 0.6 is 11.6 Å². The van der Waals surface area contributed by atoms with Crippen molar-refractivity contribution in [1.29, 1.82) is 0 Å². The van der Waals surface area contributed by atoms with Crippen LogP contribution in [0, 0.1) is 12.3 Å². The normalized spacial score (nSPS) is 16.6. The van der Waals surface area contributed by atoms with E-state index in [1.54, 1.807) is 0 Å². The zero-order valence-corrected chi connectivity index (χ0v) is 14.3. The van der Waals surface area contributed by atoms with Crippen LogP contribution in [-0.4, -0.2) is 27.0 Å². The van der Waals surface area contributed by atoms with Gasteiger partial charge in [0.1, 0.15) is 6.54 Å². The van der Waals surface area contributed by atoms with Gasteiger partial charge in [0, 0.05) is 11.1 Å². The summed E-state index contributed by atoms with van der Waals surface area (Å²) in [5.41, 5.74) is 0. The Morgan fingerprint density at radius 2 is 1.91 bits per heavy atom. The van der Waals surface area contributed by atoms with Crippen molar-refractivity contribution in [2.24, 2.45) is 4.99 Å². The first kappa shape index (κ1) is 17.6. The van der Waals surface area contributed by atoms with Gasteiger partial charge in [-0.2, -0.15) is 0 Å². The predicted molar refractivity (Wildman–Crippen MR) is 92.9 cm³/mol. The first-order chi connectivity index (χ1) is 11.0. The molecule has 0 aromatic heterocycles. The number of sulfonamides is 1. The molecule has 0 bridgehead atoms. The number of hydrogen-bond donors (Lipinski definition) is 2. The minimum absolute atomic E-state index is 0.109. The van der Waals surface area contributed by atoms with Crippen molar-refractivity contribution in [3.05, 3.63) is 29.3 Å². The molecule has 0 aliphatic heterocycles. The number of benzene rings is 1. The van der Waals surface area contributed by atoms with Crippen LogP contribution in [0.2, 0.25) is 5.02 Å². The largest absolute Gasteiger partial charge is 0.353 e. The second kappa shape index (κ2) is 8.23. The summed E-state index contributed by atoms with van der Waals surface area (Å²) in [7, 11) is -3.73. The minimum Gasteiger partial charge on any atom is -0.353 e. The van der Waals surface area contributed by atoms with Crippen molar-refractivity contribution >= 4 is 27.6 Å². The van der Waals surface area contributed by atoms with Crippen LogP contribution in [0.5, 0.6) is 0 Å². The Morgan fingerprint density at radius 1 is 1.26 bits per heavy atom. The molecule has 5 nitrogen and oxygen atoms in total. The van der Waals surface area contributed by atoms with Gasteiger partial charge in [0.2, 0.25) is 5.96 Å². The van der Waals surface area contributed by atoms with Gasteiger partial charge in [-0.3, -0.25) is 0 Å². The molecule has 0 spiro atoms. The summed E-state index contributed by atoms with van der Waals surface area (Å²) < 4.78 is 27.3. The molecule has 0 atom stereocenters. The van der Waals surface area contributed by atoms with Crippen LogP contribution in [0.25, 0.3) is 0 Å². The first-order valence-electron chi connectivity index (χ1n) is 7.54. The molecule has 1 aliphatic rings. The van der Waals surface area contributed by atoms with Crippen LogP contribution in [0.4, 0.5) is 0 Å². The average Bonchev–Trinajstić information content (AvgIpc) is 2.54. The van der Waals surface area contributed by atoms with Gasteiger partial charge < -0.3 is 5.32 Å². The van der Waals surface area contributed by atoms with Crippen LogP contribution in [0.1, 0.15) is 32.1 Å². The van der Waals surface area contributed by atoms with E-state index in [0.717, 1.165) is 25.7 Å². The monoisotopic (exact) mass is 353 g/mol. The number of nitrogens with one attached hydrogen (secondary N) is 2. The smallest absolute Gasteiger partial charge is 0.264 e. The second-order valence-electron chi connectivity index (χ2n) is 5.41. The van der Waals surface area contributed by atoms with Gasteiger partial charge in [-0.1, -0.05) is 36.8 Å². The number of hydrogen-bond acceptors (Lipinski definition) is 3. The number of terminal acetylenes is 1. The molecule has 1 aromatic rings. The van der Waals surface area contributed by atoms with Crippen molar-refractivity contribution in [1.82, 2.24) is 10.0 Å². The Kier molecular flexibility index (Phi) is 6.31. The van der Waals surface area contributed by atoms with Gasteiger partial charge in [0.15, 0.2) is 0 Å².